The lowest BCUT2D eigenvalue weighted by Gasteiger charge is -2.27. The third-order valence-electron chi connectivity index (χ3n) is 5.37. The van der Waals surface area contributed by atoms with E-state index in [9.17, 15) is 18.4 Å². The summed E-state index contributed by atoms with van der Waals surface area (Å²) in [5, 5.41) is 0. The maximum atomic E-state index is 15.0. The Bertz CT molecular complexity index is 915. The number of nitrogens with one attached hydrogen (secondary N) is 1. The van der Waals surface area contributed by atoms with Crippen molar-refractivity contribution in [2.45, 2.75) is 58.1 Å². The number of imidazole rings is 1. The number of amides is 1. The van der Waals surface area contributed by atoms with E-state index in [1.807, 2.05) is 0 Å². The molecule has 1 amide bonds. The number of rotatable bonds is 2. The fourth-order valence-electron chi connectivity index (χ4n) is 4.13. The number of nitrogens with zero attached hydrogens (tertiary/aromatic N) is 2. The van der Waals surface area contributed by atoms with Crippen molar-refractivity contribution in [3.63, 3.8) is 0 Å². The quantitative estimate of drug-likeness (QED) is 0.790. The lowest BCUT2D eigenvalue weighted by molar-refractivity contribution is -0.110. The van der Waals surface area contributed by atoms with Crippen LogP contribution in [0.2, 0.25) is 0 Å². The summed E-state index contributed by atoms with van der Waals surface area (Å²) in [6, 6.07) is -0.418. The van der Waals surface area contributed by atoms with E-state index in [1.165, 1.54) is 0 Å². The third kappa shape index (κ3) is 3.04. The highest BCUT2D eigenvalue weighted by Gasteiger charge is 2.37. The Labute approximate surface area is 161 Å². The number of aromatic nitrogens is 2. The molecule has 0 bridgehead atoms. The van der Waals surface area contributed by atoms with E-state index in [0.717, 1.165) is 12.7 Å². The number of H-pyrrole nitrogens is 1. The van der Waals surface area contributed by atoms with Gasteiger partial charge >= 0.3 is 6.09 Å². The van der Waals surface area contributed by atoms with E-state index >= 15 is 0 Å². The first-order valence-electron chi connectivity index (χ1n) is 9.53. The Kier molecular flexibility index (Phi) is 4.39. The molecule has 2 unspecified atom stereocenters. The van der Waals surface area contributed by atoms with Gasteiger partial charge in [0.05, 0.1) is 6.04 Å². The molecule has 1 N–H and O–H groups in total. The summed E-state index contributed by atoms with van der Waals surface area (Å²) in [5.41, 5.74) is -0.238. The average molecular weight is 391 g/mol. The predicted molar refractivity (Wildman–Crippen MR) is 97.9 cm³/mol. The molecule has 8 heteroatoms. The summed E-state index contributed by atoms with van der Waals surface area (Å²) < 4.78 is 35.4. The summed E-state index contributed by atoms with van der Waals surface area (Å²) >= 11 is 0. The largest absolute Gasteiger partial charge is 0.444 e. The van der Waals surface area contributed by atoms with Crippen LogP contribution in [0.4, 0.5) is 13.6 Å². The zero-order chi connectivity index (χ0) is 20.2. The summed E-state index contributed by atoms with van der Waals surface area (Å²) in [6.45, 7) is 5.86. The van der Waals surface area contributed by atoms with Gasteiger partial charge in [-0.3, -0.25) is 4.90 Å². The second-order valence-corrected chi connectivity index (χ2v) is 8.57. The second-order valence-electron chi connectivity index (χ2n) is 8.57. The molecule has 0 radical (unpaired) electrons. The van der Waals surface area contributed by atoms with Gasteiger partial charge in [0.1, 0.15) is 28.7 Å². The zero-order valence-corrected chi connectivity index (χ0v) is 16.1. The number of ether oxygens (including phenoxy) is 1. The van der Waals surface area contributed by atoms with Crippen LogP contribution in [-0.4, -0.2) is 39.4 Å². The molecular formula is C20H23F2N3O3. The van der Waals surface area contributed by atoms with Crippen LogP contribution in [0.3, 0.4) is 0 Å². The lowest BCUT2D eigenvalue weighted by atomic mass is 10.1. The van der Waals surface area contributed by atoms with Crippen LogP contribution >= 0.6 is 0 Å². The molecule has 1 aliphatic heterocycles. The van der Waals surface area contributed by atoms with Crippen LogP contribution in [-0.2, 0) is 22.4 Å². The van der Waals surface area contributed by atoms with E-state index < -0.39 is 35.3 Å². The van der Waals surface area contributed by atoms with Crippen LogP contribution in [0.5, 0.6) is 0 Å². The van der Waals surface area contributed by atoms with Crippen molar-refractivity contribution < 1.29 is 23.1 Å². The number of carbonyl (C=O) groups excluding carboxylic acids is 2. The Hall–Kier alpha value is -2.51. The number of hydrogen-bond donors (Lipinski definition) is 1. The number of fused-ring (bicyclic) bond motifs is 2. The molecule has 28 heavy (non-hydrogen) atoms. The summed E-state index contributed by atoms with van der Waals surface area (Å²) in [7, 11) is 0. The van der Waals surface area contributed by atoms with E-state index in [2.05, 4.69) is 9.97 Å². The van der Waals surface area contributed by atoms with Crippen molar-refractivity contribution >= 4 is 23.4 Å². The smallest absolute Gasteiger partial charge is 0.410 e. The van der Waals surface area contributed by atoms with Gasteiger partial charge in [0.15, 0.2) is 11.6 Å². The number of aromatic amines is 1. The lowest BCUT2D eigenvalue weighted by Crippen LogP contribution is -2.36. The van der Waals surface area contributed by atoms with Crippen LogP contribution in [0.1, 0.15) is 56.6 Å². The fraction of sp³-hybridized carbons (Fsp3) is 0.550. The van der Waals surface area contributed by atoms with Crippen LogP contribution in [0.25, 0.3) is 11.0 Å². The average Bonchev–Trinajstić information content (AvgIpc) is 3.34. The maximum Gasteiger partial charge on any atom is 0.410 e. The molecule has 6 nitrogen and oxygen atoms in total. The van der Waals surface area contributed by atoms with E-state index in [4.69, 9.17) is 4.74 Å². The van der Waals surface area contributed by atoms with Gasteiger partial charge < -0.3 is 14.5 Å². The van der Waals surface area contributed by atoms with Crippen molar-refractivity contribution in [3.05, 3.63) is 28.6 Å². The van der Waals surface area contributed by atoms with Gasteiger partial charge in [0, 0.05) is 12.5 Å². The molecule has 4 rings (SSSR count). The van der Waals surface area contributed by atoms with Gasteiger partial charge in [0.2, 0.25) is 0 Å². The molecule has 1 saturated heterocycles. The molecule has 1 fully saturated rings. The van der Waals surface area contributed by atoms with Crippen molar-refractivity contribution in [1.29, 1.82) is 0 Å². The minimum Gasteiger partial charge on any atom is -0.444 e. The molecule has 2 aliphatic rings. The Morgan fingerprint density at radius 2 is 1.93 bits per heavy atom. The van der Waals surface area contributed by atoms with Crippen molar-refractivity contribution in [3.8, 4) is 0 Å². The number of aldehydes is 1. The fourth-order valence-corrected chi connectivity index (χ4v) is 4.13. The number of benzene rings is 1. The van der Waals surface area contributed by atoms with E-state index in [0.29, 0.717) is 18.8 Å². The first-order valence-corrected chi connectivity index (χ1v) is 9.53. The SMILES string of the molecule is CC(C)(C)OC(=O)N1CCCC1c1nc2c(F)c3c(c(F)c2[nH]1)CC(C=O)C3. The number of halogens is 2. The van der Waals surface area contributed by atoms with Gasteiger partial charge in [-0.25, -0.2) is 18.6 Å². The van der Waals surface area contributed by atoms with Gasteiger partial charge in [-0.1, -0.05) is 0 Å². The molecule has 1 aromatic carbocycles. The van der Waals surface area contributed by atoms with Crippen LogP contribution in [0.15, 0.2) is 0 Å². The normalized spacial score (nSPS) is 20.0. The van der Waals surface area contributed by atoms with E-state index in [-0.39, 0.29) is 35.0 Å². The van der Waals surface area contributed by atoms with Gasteiger partial charge in [-0.15, -0.1) is 0 Å². The van der Waals surface area contributed by atoms with Crippen molar-refractivity contribution in [2.24, 2.45) is 5.92 Å². The summed E-state index contributed by atoms with van der Waals surface area (Å²) in [6.07, 6.45) is 2.04. The first kappa shape index (κ1) is 18.8. The first-order chi connectivity index (χ1) is 13.2. The van der Waals surface area contributed by atoms with Gasteiger partial charge in [-0.05, 0) is 57.6 Å². The molecule has 150 valence electrons. The summed E-state index contributed by atoms with van der Waals surface area (Å²) in [4.78, 5) is 32.3. The molecular weight excluding hydrogens is 368 g/mol. The predicted octanol–water partition coefficient (Wildman–Crippen LogP) is 3.83. The number of hydrogen-bond acceptors (Lipinski definition) is 4. The summed E-state index contributed by atoms with van der Waals surface area (Å²) in [5.74, 6) is -1.19. The second kappa shape index (κ2) is 6.53. The Balaban J connectivity index is 1.71. The maximum absolute atomic E-state index is 15.0. The highest BCUT2D eigenvalue weighted by molar-refractivity contribution is 5.80. The van der Waals surface area contributed by atoms with E-state index in [1.54, 1.807) is 25.7 Å². The molecule has 0 spiro atoms. The molecule has 2 aromatic rings. The zero-order valence-electron chi connectivity index (χ0n) is 16.1. The molecule has 1 aromatic heterocycles. The Morgan fingerprint density at radius 1 is 1.25 bits per heavy atom. The molecule has 2 heterocycles. The van der Waals surface area contributed by atoms with Gasteiger partial charge in [-0.2, -0.15) is 0 Å². The molecule has 2 atom stereocenters. The van der Waals surface area contributed by atoms with Gasteiger partial charge in [0.25, 0.3) is 0 Å². The van der Waals surface area contributed by atoms with Crippen molar-refractivity contribution in [2.75, 3.05) is 6.54 Å². The van der Waals surface area contributed by atoms with Crippen LogP contribution in [0, 0.1) is 17.6 Å². The Morgan fingerprint density at radius 3 is 2.57 bits per heavy atom. The highest BCUT2D eigenvalue weighted by atomic mass is 19.1. The van der Waals surface area contributed by atoms with Crippen LogP contribution < -0.4 is 0 Å². The number of likely N-dealkylation sites (tertiary alicyclic amines) is 1. The minimum atomic E-state index is -0.633. The standard InChI is InChI=1S/C20H23F2N3O3/c1-20(2,3)28-19(27)25-6-4-5-13(25)18-23-16-14(21)11-7-10(9-26)8-12(11)15(22)17(16)24-18/h9-10,13H,4-8H2,1-3H3,(H,23,24). The third-order valence-corrected chi connectivity index (χ3v) is 5.37. The monoisotopic (exact) mass is 391 g/mol. The number of carbonyl (C=O) groups is 2. The minimum absolute atomic E-state index is 0.00571. The topological polar surface area (TPSA) is 75.3 Å². The molecule has 1 aliphatic carbocycles. The highest BCUT2D eigenvalue weighted by Crippen LogP contribution is 2.38. The van der Waals surface area contributed by atoms with Crippen molar-refractivity contribution in [1.82, 2.24) is 14.9 Å². The molecule has 0 saturated carbocycles.